The lowest BCUT2D eigenvalue weighted by Crippen LogP contribution is -2.08. The third-order valence-corrected chi connectivity index (χ3v) is 3.20. The Kier molecular flexibility index (Phi) is 3.20. The molecule has 0 amide bonds. The standard InChI is InChI=1S/C14H15N5O/c1-9(10-4-3-5-11(6-10)20-2)18-13-12-7-17-19-14(12)16-8-15-13/h3-9H,1-2H3,(H2,15,16,17,18,19)/t9-/m0/s1. The third-order valence-electron chi connectivity index (χ3n) is 3.20. The van der Waals surface area contributed by atoms with Gasteiger partial charge in [0.05, 0.1) is 24.7 Å². The van der Waals surface area contributed by atoms with Crippen LogP contribution in [0.4, 0.5) is 5.82 Å². The van der Waals surface area contributed by atoms with Gasteiger partial charge in [0.2, 0.25) is 0 Å². The number of anilines is 1. The van der Waals surface area contributed by atoms with Crippen molar-refractivity contribution >= 4 is 16.9 Å². The number of aromatic nitrogens is 4. The van der Waals surface area contributed by atoms with Crippen LogP contribution in [0, 0.1) is 0 Å². The number of aromatic amines is 1. The van der Waals surface area contributed by atoms with E-state index in [1.807, 2.05) is 24.3 Å². The van der Waals surface area contributed by atoms with Gasteiger partial charge in [-0.05, 0) is 24.6 Å². The second-order valence-corrected chi connectivity index (χ2v) is 4.50. The van der Waals surface area contributed by atoms with E-state index >= 15 is 0 Å². The van der Waals surface area contributed by atoms with E-state index in [0.29, 0.717) is 0 Å². The van der Waals surface area contributed by atoms with Crippen molar-refractivity contribution in [2.24, 2.45) is 0 Å². The molecule has 0 aliphatic heterocycles. The van der Waals surface area contributed by atoms with E-state index in [1.165, 1.54) is 6.33 Å². The minimum atomic E-state index is 0.0955. The molecule has 2 N–H and O–H groups in total. The number of nitrogens with one attached hydrogen (secondary N) is 2. The summed E-state index contributed by atoms with van der Waals surface area (Å²) >= 11 is 0. The maximum Gasteiger partial charge on any atom is 0.160 e. The molecule has 3 rings (SSSR count). The summed E-state index contributed by atoms with van der Waals surface area (Å²) in [6.45, 7) is 2.07. The Hall–Kier alpha value is -2.63. The number of hydrogen-bond donors (Lipinski definition) is 2. The molecule has 0 fully saturated rings. The van der Waals surface area contributed by atoms with Crippen LogP contribution in [0.3, 0.4) is 0 Å². The monoisotopic (exact) mass is 269 g/mol. The Labute approximate surface area is 116 Å². The zero-order chi connectivity index (χ0) is 13.9. The van der Waals surface area contributed by atoms with Crippen LogP contribution < -0.4 is 10.1 Å². The van der Waals surface area contributed by atoms with Gasteiger partial charge in [0, 0.05) is 0 Å². The first kappa shape index (κ1) is 12.4. The SMILES string of the molecule is COc1cccc([C@H](C)Nc2ncnc3[nH]ncc23)c1. The summed E-state index contributed by atoms with van der Waals surface area (Å²) < 4.78 is 5.24. The van der Waals surface area contributed by atoms with E-state index in [9.17, 15) is 0 Å². The van der Waals surface area contributed by atoms with Gasteiger partial charge in [0.25, 0.3) is 0 Å². The second-order valence-electron chi connectivity index (χ2n) is 4.50. The molecule has 2 aromatic heterocycles. The van der Waals surface area contributed by atoms with Gasteiger partial charge in [-0.3, -0.25) is 5.10 Å². The smallest absolute Gasteiger partial charge is 0.160 e. The lowest BCUT2D eigenvalue weighted by Gasteiger charge is -2.16. The Morgan fingerprint density at radius 1 is 1.30 bits per heavy atom. The van der Waals surface area contributed by atoms with Crippen molar-refractivity contribution in [1.29, 1.82) is 0 Å². The van der Waals surface area contributed by atoms with Crippen LogP contribution >= 0.6 is 0 Å². The van der Waals surface area contributed by atoms with Gasteiger partial charge in [0.1, 0.15) is 17.9 Å². The van der Waals surface area contributed by atoms with Gasteiger partial charge in [-0.1, -0.05) is 12.1 Å². The molecule has 0 unspecified atom stereocenters. The molecule has 2 heterocycles. The van der Waals surface area contributed by atoms with Crippen molar-refractivity contribution in [2.75, 3.05) is 12.4 Å². The molecule has 0 spiro atoms. The number of methoxy groups -OCH3 is 1. The summed E-state index contributed by atoms with van der Waals surface area (Å²) in [5.41, 5.74) is 1.85. The highest BCUT2D eigenvalue weighted by atomic mass is 16.5. The summed E-state index contributed by atoms with van der Waals surface area (Å²) in [5.74, 6) is 1.60. The van der Waals surface area contributed by atoms with E-state index < -0.39 is 0 Å². The molecule has 0 bridgehead atoms. The number of fused-ring (bicyclic) bond motifs is 1. The molecular formula is C14H15N5O. The lowest BCUT2D eigenvalue weighted by molar-refractivity contribution is 0.414. The van der Waals surface area contributed by atoms with Gasteiger partial charge in [-0.2, -0.15) is 5.10 Å². The molecule has 6 heteroatoms. The Morgan fingerprint density at radius 2 is 2.20 bits per heavy atom. The van der Waals surface area contributed by atoms with Gasteiger partial charge in [-0.25, -0.2) is 9.97 Å². The van der Waals surface area contributed by atoms with E-state index in [2.05, 4.69) is 32.4 Å². The molecule has 0 saturated carbocycles. The summed E-state index contributed by atoms with van der Waals surface area (Å²) in [6, 6.07) is 8.05. The molecule has 0 radical (unpaired) electrons. The zero-order valence-electron chi connectivity index (χ0n) is 11.3. The van der Waals surface area contributed by atoms with Gasteiger partial charge in [-0.15, -0.1) is 0 Å². The van der Waals surface area contributed by atoms with Crippen LogP contribution in [0.5, 0.6) is 5.75 Å². The van der Waals surface area contributed by atoms with Crippen LogP contribution in [0.1, 0.15) is 18.5 Å². The van der Waals surface area contributed by atoms with Crippen LogP contribution in [0.25, 0.3) is 11.0 Å². The topological polar surface area (TPSA) is 75.7 Å². The maximum atomic E-state index is 5.24. The minimum absolute atomic E-state index is 0.0955. The summed E-state index contributed by atoms with van der Waals surface area (Å²) in [4.78, 5) is 8.39. The van der Waals surface area contributed by atoms with Crippen molar-refractivity contribution in [1.82, 2.24) is 20.2 Å². The predicted molar refractivity (Wildman–Crippen MR) is 76.7 cm³/mol. The molecule has 20 heavy (non-hydrogen) atoms. The van der Waals surface area contributed by atoms with Crippen LogP contribution in [0.15, 0.2) is 36.8 Å². The number of rotatable bonds is 4. The fraction of sp³-hybridized carbons (Fsp3) is 0.214. The van der Waals surface area contributed by atoms with E-state index in [-0.39, 0.29) is 6.04 Å². The Balaban J connectivity index is 1.88. The largest absolute Gasteiger partial charge is 0.497 e. The minimum Gasteiger partial charge on any atom is -0.497 e. The molecule has 3 aromatic rings. The quantitative estimate of drug-likeness (QED) is 0.761. The molecule has 102 valence electrons. The predicted octanol–water partition coefficient (Wildman–Crippen LogP) is 2.53. The van der Waals surface area contributed by atoms with E-state index in [1.54, 1.807) is 13.3 Å². The number of ether oxygens (including phenoxy) is 1. The van der Waals surface area contributed by atoms with Gasteiger partial charge < -0.3 is 10.1 Å². The second kappa shape index (κ2) is 5.16. The van der Waals surface area contributed by atoms with E-state index in [0.717, 1.165) is 28.2 Å². The maximum absolute atomic E-state index is 5.24. The highest BCUT2D eigenvalue weighted by molar-refractivity contribution is 5.85. The normalized spacial score (nSPS) is 12.3. The van der Waals surface area contributed by atoms with Crippen LogP contribution in [0.2, 0.25) is 0 Å². The molecule has 1 atom stereocenters. The fourth-order valence-electron chi connectivity index (χ4n) is 2.08. The molecule has 0 aliphatic rings. The molecule has 0 saturated heterocycles. The third kappa shape index (κ3) is 2.27. The summed E-state index contributed by atoms with van der Waals surface area (Å²) in [5, 5.41) is 11.1. The average Bonchev–Trinajstić information content (AvgIpc) is 2.97. The number of nitrogens with zero attached hydrogens (tertiary/aromatic N) is 3. The van der Waals surface area contributed by atoms with Crippen molar-refractivity contribution in [3.63, 3.8) is 0 Å². The van der Waals surface area contributed by atoms with E-state index in [4.69, 9.17) is 4.74 Å². The number of hydrogen-bond acceptors (Lipinski definition) is 5. The van der Waals surface area contributed by atoms with Crippen molar-refractivity contribution in [2.45, 2.75) is 13.0 Å². The van der Waals surface area contributed by atoms with Gasteiger partial charge >= 0.3 is 0 Å². The van der Waals surface area contributed by atoms with Gasteiger partial charge in [0.15, 0.2) is 5.65 Å². The molecular weight excluding hydrogens is 254 g/mol. The first-order chi connectivity index (χ1) is 9.78. The summed E-state index contributed by atoms with van der Waals surface area (Å²) in [6.07, 6.45) is 3.23. The lowest BCUT2D eigenvalue weighted by atomic mass is 10.1. The highest BCUT2D eigenvalue weighted by Gasteiger charge is 2.10. The molecule has 6 nitrogen and oxygen atoms in total. The number of H-pyrrole nitrogens is 1. The van der Waals surface area contributed by atoms with Crippen molar-refractivity contribution < 1.29 is 4.74 Å². The van der Waals surface area contributed by atoms with Crippen molar-refractivity contribution in [3.05, 3.63) is 42.4 Å². The van der Waals surface area contributed by atoms with Crippen LogP contribution in [-0.4, -0.2) is 27.3 Å². The molecule has 1 aromatic carbocycles. The van der Waals surface area contributed by atoms with Crippen LogP contribution in [-0.2, 0) is 0 Å². The van der Waals surface area contributed by atoms with Crippen molar-refractivity contribution in [3.8, 4) is 5.75 Å². The fourth-order valence-corrected chi connectivity index (χ4v) is 2.08. The molecule has 0 aliphatic carbocycles. The average molecular weight is 269 g/mol. The highest BCUT2D eigenvalue weighted by Crippen LogP contribution is 2.24. The number of benzene rings is 1. The first-order valence-electron chi connectivity index (χ1n) is 6.32. The zero-order valence-corrected chi connectivity index (χ0v) is 11.3. The Morgan fingerprint density at radius 3 is 3.05 bits per heavy atom. The first-order valence-corrected chi connectivity index (χ1v) is 6.32. The summed E-state index contributed by atoms with van der Waals surface area (Å²) in [7, 11) is 1.66. The Bertz CT molecular complexity index is 724.